The average molecular weight is 498 g/mol. The minimum atomic E-state index is -1.51. The third kappa shape index (κ3) is 7.34. The van der Waals surface area contributed by atoms with Crippen LogP contribution in [-0.4, -0.2) is 31.6 Å². The molecule has 0 bridgehead atoms. The number of halogens is 2. The van der Waals surface area contributed by atoms with Crippen LogP contribution < -0.4 is 15.8 Å². The van der Waals surface area contributed by atoms with Crippen molar-refractivity contribution in [2.75, 3.05) is 19.8 Å². The van der Waals surface area contributed by atoms with Crippen molar-refractivity contribution >= 4 is 11.7 Å². The van der Waals surface area contributed by atoms with E-state index in [9.17, 15) is 9.18 Å². The largest absolute Gasteiger partial charge is 0.488 e. The Morgan fingerprint density at radius 1 is 1.00 bits per heavy atom. The number of benzene rings is 3. The molecule has 0 radical (unpaired) electrons. The highest BCUT2D eigenvalue weighted by Gasteiger charge is 2.29. The molecule has 0 aliphatic heterocycles. The highest BCUT2D eigenvalue weighted by molar-refractivity contribution is 5.94. The smallest absolute Gasteiger partial charge is 0.254 e. The van der Waals surface area contributed by atoms with Gasteiger partial charge in [-0.3, -0.25) is 10.2 Å². The molecule has 7 nitrogen and oxygen atoms in total. The highest BCUT2D eigenvalue weighted by Crippen LogP contribution is 2.30. The molecule has 0 saturated carbocycles. The van der Waals surface area contributed by atoms with E-state index in [1.807, 2.05) is 30.3 Å². The molecule has 1 amide bonds. The third-order valence-corrected chi connectivity index (χ3v) is 5.25. The van der Waals surface area contributed by atoms with Gasteiger partial charge in [-0.25, -0.2) is 8.78 Å². The van der Waals surface area contributed by atoms with Gasteiger partial charge in [-0.15, -0.1) is 0 Å². The zero-order chi connectivity index (χ0) is 25.9. The van der Waals surface area contributed by atoms with Gasteiger partial charge in [0.25, 0.3) is 5.91 Å². The second kappa shape index (κ2) is 13.3. The van der Waals surface area contributed by atoms with Gasteiger partial charge >= 0.3 is 0 Å². The Hall–Kier alpha value is -3.82. The van der Waals surface area contributed by atoms with Gasteiger partial charge in [-0.1, -0.05) is 54.6 Å². The summed E-state index contributed by atoms with van der Waals surface area (Å²) >= 11 is 0. The summed E-state index contributed by atoms with van der Waals surface area (Å²) in [4.78, 5) is 12.8. The molecule has 0 aromatic heterocycles. The average Bonchev–Trinajstić information content (AvgIpc) is 2.88. The van der Waals surface area contributed by atoms with Crippen LogP contribution in [0.15, 0.2) is 66.7 Å². The van der Waals surface area contributed by atoms with E-state index in [-0.39, 0.29) is 38.0 Å². The topological polar surface area (TPSA) is 107 Å². The van der Waals surface area contributed by atoms with Crippen LogP contribution in [0.25, 0.3) is 0 Å². The van der Waals surface area contributed by atoms with Gasteiger partial charge < -0.3 is 25.3 Å². The Labute approximate surface area is 208 Å². The fourth-order valence-corrected chi connectivity index (χ4v) is 3.42. The van der Waals surface area contributed by atoms with Crippen LogP contribution >= 0.6 is 0 Å². The summed E-state index contributed by atoms with van der Waals surface area (Å²) < 4.78 is 46.3. The maximum absolute atomic E-state index is 15.2. The predicted molar refractivity (Wildman–Crippen MR) is 132 cm³/mol. The summed E-state index contributed by atoms with van der Waals surface area (Å²) in [5.41, 5.74) is 7.18. The van der Waals surface area contributed by atoms with Crippen LogP contribution in [0, 0.1) is 17.0 Å². The first-order chi connectivity index (χ1) is 17.4. The summed E-state index contributed by atoms with van der Waals surface area (Å²) in [6.07, 6.45) is -1.51. The minimum Gasteiger partial charge on any atom is -0.488 e. The Balaban J connectivity index is 1.63. The SMILES string of the molecule is CCOC(C(=O)NCc1ccc(C(=N)N)cc1)c1c(F)ccc(OCCOCc2ccccc2)c1F. The molecule has 3 rings (SSSR count). The number of amidine groups is 1. The van der Waals surface area contributed by atoms with E-state index < -0.39 is 29.2 Å². The molecule has 1 unspecified atom stereocenters. The van der Waals surface area contributed by atoms with E-state index in [2.05, 4.69) is 5.32 Å². The van der Waals surface area contributed by atoms with Crippen LogP contribution in [0.5, 0.6) is 5.75 Å². The third-order valence-electron chi connectivity index (χ3n) is 5.25. The number of nitrogen functional groups attached to an aromatic ring is 1. The lowest BCUT2D eigenvalue weighted by Crippen LogP contribution is -2.32. The van der Waals surface area contributed by atoms with Crippen molar-refractivity contribution in [3.05, 3.63) is 101 Å². The second-order valence-electron chi connectivity index (χ2n) is 7.82. The van der Waals surface area contributed by atoms with E-state index in [4.69, 9.17) is 25.4 Å². The maximum Gasteiger partial charge on any atom is 0.254 e. The van der Waals surface area contributed by atoms with Gasteiger partial charge in [0.1, 0.15) is 18.3 Å². The number of amides is 1. The number of carbonyl (C=O) groups excluding carboxylic acids is 1. The number of nitrogens with one attached hydrogen (secondary N) is 2. The molecule has 0 aliphatic rings. The van der Waals surface area contributed by atoms with Gasteiger partial charge in [-0.2, -0.15) is 0 Å². The van der Waals surface area contributed by atoms with Crippen molar-refractivity contribution in [2.24, 2.45) is 5.73 Å². The fourth-order valence-electron chi connectivity index (χ4n) is 3.42. The van der Waals surface area contributed by atoms with Crippen molar-refractivity contribution < 1.29 is 27.8 Å². The molecular weight excluding hydrogens is 468 g/mol. The predicted octanol–water partition coefficient (Wildman–Crippen LogP) is 4.24. The van der Waals surface area contributed by atoms with Gasteiger partial charge in [-0.05, 0) is 30.2 Å². The summed E-state index contributed by atoms with van der Waals surface area (Å²) in [7, 11) is 0. The number of hydrogen-bond donors (Lipinski definition) is 3. The normalized spacial score (nSPS) is 11.6. The summed E-state index contributed by atoms with van der Waals surface area (Å²) in [6, 6.07) is 18.5. The molecule has 0 spiro atoms. The zero-order valence-corrected chi connectivity index (χ0v) is 19.9. The van der Waals surface area contributed by atoms with Crippen LogP contribution in [0.3, 0.4) is 0 Å². The monoisotopic (exact) mass is 497 g/mol. The summed E-state index contributed by atoms with van der Waals surface area (Å²) in [5.74, 6) is -2.89. The van der Waals surface area contributed by atoms with Crippen LogP contribution in [-0.2, 0) is 27.4 Å². The molecule has 0 heterocycles. The van der Waals surface area contributed by atoms with E-state index in [0.717, 1.165) is 17.2 Å². The molecule has 4 N–H and O–H groups in total. The van der Waals surface area contributed by atoms with Crippen molar-refractivity contribution in [1.29, 1.82) is 5.41 Å². The standard InChI is InChI=1S/C27H29F2N3O4/c1-2-35-25(27(33)32-16-18-8-10-20(11-9-18)26(30)31)23-21(28)12-13-22(24(23)29)36-15-14-34-17-19-6-4-3-5-7-19/h3-13,25H,2,14-17H2,1H3,(H3,30,31)(H,32,33). The highest BCUT2D eigenvalue weighted by atomic mass is 19.1. The minimum absolute atomic E-state index is 0.0383. The Morgan fingerprint density at radius 2 is 1.72 bits per heavy atom. The second-order valence-corrected chi connectivity index (χ2v) is 7.82. The van der Waals surface area contributed by atoms with Crippen LogP contribution in [0.2, 0.25) is 0 Å². The van der Waals surface area contributed by atoms with Gasteiger partial charge in [0, 0.05) is 18.7 Å². The van der Waals surface area contributed by atoms with Gasteiger partial charge in [0.2, 0.25) is 0 Å². The molecule has 190 valence electrons. The number of hydrogen-bond acceptors (Lipinski definition) is 5. The molecule has 36 heavy (non-hydrogen) atoms. The van der Waals surface area contributed by atoms with Crippen molar-refractivity contribution in [2.45, 2.75) is 26.2 Å². The van der Waals surface area contributed by atoms with E-state index in [1.54, 1.807) is 31.2 Å². The lowest BCUT2D eigenvalue weighted by Gasteiger charge is -2.20. The first-order valence-electron chi connectivity index (χ1n) is 11.5. The van der Waals surface area contributed by atoms with Crippen LogP contribution in [0.4, 0.5) is 8.78 Å². The Bertz CT molecular complexity index is 1160. The lowest BCUT2D eigenvalue weighted by atomic mass is 10.1. The number of ether oxygens (including phenoxy) is 3. The lowest BCUT2D eigenvalue weighted by molar-refractivity contribution is -0.133. The Kier molecular flexibility index (Phi) is 9.91. The quantitative estimate of drug-likeness (QED) is 0.186. The van der Waals surface area contributed by atoms with Crippen LogP contribution in [0.1, 0.15) is 35.3 Å². The summed E-state index contributed by atoms with van der Waals surface area (Å²) in [6.45, 7) is 2.39. The fraction of sp³-hybridized carbons (Fsp3) is 0.259. The van der Waals surface area contributed by atoms with E-state index in [1.165, 1.54) is 6.07 Å². The molecule has 0 aliphatic carbocycles. The van der Waals surface area contributed by atoms with Crippen molar-refractivity contribution in [3.8, 4) is 5.75 Å². The number of carbonyl (C=O) groups is 1. The first-order valence-corrected chi connectivity index (χ1v) is 11.5. The van der Waals surface area contributed by atoms with E-state index in [0.29, 0.717) is 12.2 Å². The molecular formula is C27H29F2N3O4. The molecule has 9 heteroatoms. The van der Waals surface area contributed by atoms with Crippen molar-refractivity contribution in [1.82, 2.24) is 5.32 Å². The number of nitrogens with two attached hydrogens (primary N) is 1. The molecule has 3 aromatic carbocycles. The summed E-state index contributed by atoms with van der Waals surface area (Å²) in [5, 5.41) is 10.1. The van der Waals surface area contributed by atoms with E-state index >= 15 is 4.39 Å². The Morgan fingerprint density at radius 3 is 2.39 bits per heavy atom. The molecule has 0 fully saturated rings. The molecule has 3 aromatic rings. The molecule has 1 atom stereocenters. The maximum atomic E-state index is 15.2. The zero-order valence-electron chi connectivity index (χ0n) is 19.9. The molecule has 0 saturated heterocycles. The first kappa shape index (κ1) is 26.8. The van der Waals surface area contributed by atoms with Crippen molar-refractivity contribution in [3.63, 3.8) is 0 Å². The van der Waals surface area contributed by atoms with Gasteiger partial charge in [0.15, 0.2) is 17.7 Å². The van der Waals surface area contributed by atoms with Gasteiger partial charge in [0.05, 0.1) is 18.8 Å². The number of rotatable bonds is 13.